The van der Waals surface area contributed by atoms with Crippen LogP contribution in [0.15, 0.2) is 12.4 Å². The van der Waals surface area contributed by atoms with Gasteiger partial charge < -0.3 is 4.57 Å². The summed E-state index contributed by atoms with van der Waals surface area (Å²) in [5, 5.41) is 0. The van der Waals surface area contributed by atoms with Crippen molar-refractivity contribution in [2.75, 3.05) is 0 Å². The van der Waals surface area contributed by atoms with Gasteiger partial charge >= 0.3 is 6.18 Å². The third-order valence-corrected chi connectivity index (χ3v) is 3.60. The number of Topliss-reactive ketones (excluding diaryl/α,β-unsaturated/α-hetero) is 1. The number of carbonyl (C=O) groups is 1. The molecule has 1 fully saturated rings. The van der Waals surface area contributed by atoms with Crippen LogP contribution in [-0.2, 0) is 7.05 Å². The lowest BCUT2D eigenvalue weighted by atomic mass is 9.79. The number of aryl methyl sites for hydroxylation is 1. The maximum atomic E-state index is 12.5. The largest absolute Gasteiger partial charge is 0.391 e. The van der Waals surface area contributed by atoms with Crippen molar-refractivity contribution in [3.63, 3.8) is 0 Å². The first-order valence-corrected chi connectivity index (χ1v) is 5.98. The zero-order chi connectivity index (χ0) is 13.3. The maximum Gasteiger partial charge on any atom is 0.391 e. The van der Waals surface area contributed by atoms with Crippen molar-refractivity contribution in [3.05, 3.63) is 18.2 Å². The second-order valence-electron chi connectivity index (χ2n) is 4.82. The molecule has 2 rings (SSSR count). The third kappa shape index (κ3) is 2.57. The minimum atomic E-state index is -4.13. The van der Waals surface area contributed by atoms with Crippen LogP contribution in [-0.4, -0.2) is 21.5 Å². The van der Waals surface area contributed by atoms with E-state index in [1.165, 1.54) is 6.20 Å². The van der Waals surface area contributed by atoms with Crippen molar-refractivity contribution in [3.8, 4) is 0 Å². The van der Waals surface area contributed by atoms with E-state index in [4.69, 9.17) is 0 Å². The predicted octanol–water partition coefficient (Wildman–Crippen LogP) is 2.97. The van der Waals surface area contributed by atoms with Crippen molar-refractivity contribution in [2.45, 2.75) is 31.9 Å². The van der Waals surface area contributed by atoms with E-state index in [2.05, 4.69) is 4.98 Å². The van der Waals surface area contributed by atoms with Gasteiger partial charge in [-0.1, -0.05) is 0 Å². The van der Waals surface area contributed by atoms with Crippen molar-refractivity contribution in [1.29, 1.82) is 0 Å². The molecule has 0 amide bonds. The Labute approximate surface area is 103 Å². The lowest BCUT2D eigenvalue weighted by Crippen LogP contribution is -2.31. The fraction of sp³-hybridized carbons (Fsp3) is 0.667. The average Bonchev–Trinajstić information content (AvgIpc) is 2.73. The van der Waals surface area contributed by atoms with Crippen LogP contribution < -0.4 is 0 Å². The summed E-state index contributed by atoms with van der Waals surface area (Å²) in [6.45, 7) is 0. The monoisotopic (exact) mass is 260 g/mol. The van der Waals surface area contributed by atoms with Crippen LogP contribution in [0.5, 0.6) is 0 Å². The molecule has 1 heterocycles. The standard InChI is InChI=1S/C12H15F3N2O/c1-17-7-6-16-11(17)10(18)8-2-4-9(5-3-8)12(13,14)15/h6-9H,2-5H2,1H3. The normalized spacial score (nSPS) is 25.1. The Bertz CT molecular complexity index is 431. The summed E-state index contributed by atoms with van der Waals surface area (Å²) < 4.78 is 39.1. The molecule has 0 aliphatic heterocycles. The van der Waals surface area contributed by atoms with Crippen molar-refractivity contribution < 1.29 is 18.0 Å². The van der Waals surface area contributed by atoms with E-state index < -0.39 is 12.1 Å². The average molecular weight is 260 g/mol. The van der Waals surface area contributed by atoms with E-state index >= 15 is 0 Å². The predicted molar refractivity (Wildman–Crippen MR) is 59.0 cm³/mol. The number of imidazole rings is 1. The number of hydrogen-bond donors (Lipinski definition) is 0. The molecule has 6 heteroatoms. The van der Waals surface area contributed by atoms with Crippen molar-refractivity contribution in [2.24, 2.45) is 18.9 Å². The minimum absolute atomic E-state index is 0.0460. The molecule has 0 bridgehead atoms. The molecule has 0 saturated heterocycles. The highest BCUT2D eigenvalue weighted by Crippen LogP contribution is 2.40. The molecule has 1 aliphatic rings. The Kier molecular flexibility index (Phi) is 3.45. The number of nitrogens with zero attached hydrogens (tertiary/aromatic N) is 2. The Morgan fingerprint density at radius 1 is 1.33 bits per heavy atom. The molecule has 0 radical (unpaired) electrons. The van der Waals surface area contributed by atoms with Gasteiger partial charge in [0.15, 0.2) is 5.82 Å². The molecule has 3 nitrogen and oxygen atoms in total. The van der Waals surface area contributed by atoms with Gasteiger partial charge in [0.2, 0.25) is 5.78 Å². The molecule has 100 valence electrons. The SMILES string of the molecule is Cn1ccnc1C(=O)C1CCC(C(F)(F)F)CC1. The zero-order valence-electron chi connectivity index (χ0n) is 10.1. The molecule has 0 unspecified atom stereocenters. The summed E-state index contributed by atoms with van der Waals surface area (Å²) in [6, 6.07) is 0. The van der Waals surface area contributed by atoms with Crippen LogP contribution in [0.2, 0.25) is 0 Å². The lowest BCUT2D eigenvalue weighted by Gasteiger charge is -2.28. The molecule has 18 heavy (non-hydrogen) atoms. The summed E-state index contributed by atoms with van der Waals surface area (Å²) in [4.78, 5) is 16.0. The number of hydrogen-bond acceptors (Lipinski definition) is 2. The fourth-order valence-corrected chi connectivity index (χ4v) is 2.47. The van der Waals surface area contributed by atoms with Crippen LogP contribution in [0.25, 0.3) is 0 Å². The van der Waals surface area contributed by atoms with Gasteiger partial charge in [-0.3, -0.25) is 4.79 Å². The number of alkyl halides is 3. The quantitative estimate of drug-likeness (QED) is 0.766. The highest BCUT2D eigenvalue weighted by molar-refractivity contribution is 5.94. The number of rotatable bonds is 2. The van der Waals surface area contributed by atoms with Gasteiger partial charge in [-0.2, -0.15) is 13.2 Å². The van der Waals surface area contributed by atoms with Gasteiger partial charge in [0, 0.05) is 25.4 Å². The van der Waals surface area contributed by atoms with E-state index in [1.54, 1.807) is 17.8 Å². The summed E-state index contributed by atoms with van der Waals surface area (Å²) in [7, 11) is 1.71. The van der Waals surface area contributed by atoms with Gasteiger partial charge in [-0.15, -0.1) is 0 Å². The topological polar surface area (TPSA) is 34.9 Å². The van der Waals surface area contributed by atoms with E-state index in [0.29, 0.717) is 18.7 Å². The third-order valence-electron chi connectivity index (χ3n) is 3.60. The maximum absolute atomic E-state index is 12.5. The minimum Gasteiger partial charge on any atom is -0.332 e. The highest BCUT2D eigenvalue weighted by atomic mass is 19.4. The molecular formula is C12H15F3N2O. The summed E-state index contributed by atoms with van der Waals surface area (Å²) >= 11 is 0. The Morgan fingerprint density at radius 3 is 2.39 bits per heavy atom. The summed E-state index contributed by atoms with van der Waals surface area (Å²) in [6.07, 6.45) is -0.249. The summed E-state index contributed by atoms with van der Waals surface area (Å²) in [5.74, 6) is -1.36. The molecule has 1 saturated carbocycles. The Hall–Kier alpha value is -1.33. The second kappa shape index (κ2) is 4.74. The molecule has 1 aromatic heterocycles. The van der Waals surface area contributed by atoms with E-state index in [9.17, 15) is 18.0 Å². The molecule has 0 spiro atoms. The smallest absolute Gasteiger partial charge is 0.332 e. The van der Waals surface area contributed by atoms with Gasteiger partial charge in [-0.25, -0.2) is 4.98 Å². The zero-order valence-corrected chi connectivity index (χ0v) is 10.1. The first kappa shape index (κ1) is 13.1. The molecule has 1 aromatic rings. The fourth-order valence-electron chi connectivity index (χ4n) is 2.47. The number of aromatic nitrogens is 2. The van der Waals surface area contributed by atoms with Gasteiger partial charge in [0.25, 0.3) is 0 Å². The number of carbonyl (C=O) groups excluding carboxylic acids is 1. The molecular weight excluding hydrogens is 245 g/mol. The van der Waals surface area contributed by atoms with Crippen LogP contribution in [0, 0.1) is 11.8 Å². The summed E-state index contributed by atoms with van der Waals surface area (Å²) in [5.41, 5.74) is 0. The van der Waals surface area contributed by atoms with Gasteiger partial charge in [0.05, 0.1) is 5.92 Å². The van der Waals surface area contributed by atoms with E-state index in [0.717, 1.165) is 0 Å². The first-order chi connectivity index (χ1) is 8.39. The van der Waals surface area contributed by atoms with Crippen molar-refractivity contribution in [1.82, 2.24) is 9.55 Å². The van der Waals surface area contributed by atoms with Crippen LogP contribution >= 0.6 is 0 Å². The Morgan fingerprint density at radius 2 is 1.94 bits per heavy atom. The van der Waals surface area contributed by atoms with Crippen LogP contribution in [0.1, 0.15) is 36.3 Å². The molecule has 0 N–H and O–H groups in total. The number of ketones is 1. The first-order valence-electron chi connectivity index (χ1n) is 5.98. The van der Waals surface area contributed by atoms with Crippen molar-refractivity contribution >= 4 is 5.78 Å². The van der Waals surface area contributed by atoms with E-state index in [1.807, 2.05) is 0 Å². The van der Waals surface area contributed by atoms with Gasteiger partial charge in [-0.05, 0) is 25.7 Å². The van der Waals surface area contributed by atoms with E-state index in [-0.39, 0.29) is 24.5 Å². The molecule has 0 atom stereocenters. The second-order valence-corrected chi connectivity index (χ2v) is 4.82. The number of halogens is 3. The van der Waals surface area contributed by atoms with Gasteiger partial charge in [0.1, 0.15) is 0 Å². The molecule has 0 aromatic carbocycles. The molecule has 1 aliphatic carbocycles. The van der Waals surface area contributed by atoms with Crippen LogP contribution in [0.4, 0.5) is 13.2 Å². The Balaban J connectivity index is 1.99. The van der Waals surface area contributed by atoms with Crippen LogP contribution in [0.3, 0.4) is 0 Å². The highest BCUT2D eigenvalue weighted by Gasteiger charge is 2.42. The lowest BCUT2D eigenvalue weighted by molar-refractivity contribution is -0.183.